The van der Waals surface area contributed by atoms with Crippen LogP contribution in [0, 0.1) is 5.82 Å². The zero-order valence-corrected chi connectivity index (χ0v) is 18.4. The molecule has 1 fully saturated rings. The Morgan fingerprint density at radius 2 is 1.75 bits per heavy atom. The van der Waals surface area contributed by atoms with E-state index >= 15 is 0 Å². The minimum Gasteiger partial charge on any atom is -0.396 e. The Bertz CT molecular complexity index is 1090. The highest BCUT2D eigenvalue weighted by molar-refractivity contribution is 7.99. The van der Waals surface area contributed by atoms with Gasteiger partial charge < -0.3 is 34.8 Å². The number of aliphatic hydroxyl groups excluding tert-OH is 5. The van der Waals surface area contributed by atoms with Gasteiger partial charge in [0.15, 0.2) is 6.23 Å². The number of halogens is 2. The van der Waals surface area contributed by atoms with Gasteiger partial charge >= 0.3 is 0 Å². The normalized spacial score (nSPS) is 26.0. The van der Waals surface area contributed by atoms with Gasteiger partial charge in [-0.05, 0) is 36.2 Å². The number of fused-ring (bicyclic) bond motifs is 1. The van der Waals surface area contributed by atoms with Gasteiger partial charge in [-0.3, -0.25) is 0 Å². The van der Waals surface area contributed by atoms with Crippen molar-refractivity contribution < 1.29 is 34.7 Å². The van der Waals surface area contributed by atoms with Gasteiger partial charge in [-0.2, -0.15) is 0 Å². The summed E-state index contributed by atoms with van der Waals surface area (Å²) >= 11 is 7.70. The molecule has 32 heavy (non-hydrogen) atoms. The van der Waals surface area contributed by atoms with Crippen molar-refractivity contribution in [1.82, 2.24) is 4.57 Å². The summed E-state index contributed by atoms with van der Waals surface area (Å²) in [4.78, 5) is 1.49. The Labute approximate surface area is 192 Å². The molecule has 0 amide bonds. The molecule has 1 aromatic heterocycles. The van der Waals surface area contributed by atoms with Crippen LogP contribution >= 0.6 is 23.4 Å². The lowest BCUT2D eigenvalue weighted by atomic mass is 9.98. The summed E-state index contributed by atoms with van der Waals surface area (Å²) in [6, 6.07) is 10.0. The molecule has 0 unspecified atom stereocenters. The maximum absolute atomic E-state index is 14.2. The van der Waals surface area contributed by atoms with Crippen molar-refractivity contribution in [3.05, 3.63) is 59.0 Å². The zero-order valence-electron chi connectivity index (χ0n) is 16.8. The van der Waals surface area contributed by atoms with Crippen LogP contribution in [0.5, 0.6) is 0 Å². The minimum atomic E-state index is -1.56. The summed E-state index contributed by atoms with van der Waals surface area (Å²) in [6.07, 6.45) is -4.65. The lowest BCUT2D eigenvalue weighted by molar-refractivity contribution is -0.250. The van der Waals surface area contributed by atoms with Crippen molar-refractivity contribution in [2.75, 3.05) is 13.2 Å². The maximum Gasteiger partial charge on any atom is 0.163 e. The van der Waals surface area contributed by atoms with Gasteiger partial charge in [0.2, 0.25) is 0 Å². The molecule has 0 aliphatic carbocycles. The quantitative estimate of drug-likeness (QED) is 0.364. The van der Waals surface area contributed by atoms with Crippen LogP contribution in [0.1, 0.15) is 11.8 Å². The third-order valence-corrected chi connectivity index (χ3v) is 6.84. The standard InChI is InChI=1S/C22H23ClFNO6S/c23-15-8-12(24)7-14-17(32-13-3-1-11(2-4-13)5-6-26)9-25(18(14)15)22-21(30)20(29)19(28)16(10-27)31-22/h1-4,7-9,16,19-22,26-30H,5-6,10H2/t16-,19-,20+,21-,22-/m1/s1. The summed E-state index contributed by atoms with van der Waals surface area (Å²) in [5, 5.41) is 50.0. The van der Waals surface area contributed by atoms with Gasteiger partial charge in [-0.25, -0.2) is 4.39 Å². The van der Waals surface area contributed by atoms with E-state index in [-0.39, 0.29) is 11.6 Å². The number of aromatic nitrogens is 1. The predicted molar refractivity (Wildman–Crippen MR) is 117 cm³/mol. The van der Waals surface area contributed by atoms with Gasteiger partial charge in [-0.15, -0.1) is 0 Å². The van der Waals surface area contributed by atoms with Gasteiger partial charge in [0.25, 0.3) is 0 Å². The number of nitrogens with zero attached hydrogens (tertiary/aromatic N) is 1. The van der Waals surface area contributed by atoms with E-state index in [4.69, 9.17) is 21.4 Å². The largest absolute Gasteiger partial charge is 0.396 e. The molecule has 5 N–H and O–H groups in total. The zero-order chi connectivity index (χ0) is 23.0. The number of rotatable bonds is 6. The minimum absolute atomic E-state index is 0.0524. The number of benzene rings is 2. The lowest BCUT2D eigenvalue weighted by Gasteiger charge is -2.40. The van der Waals surface area contributed by atoms with E-state index in [1.165, 1.54) is 22.4 Å². The van der Waals surface area contributed by atoms with Crippen LogP contribution in [0.3, 0.4) is 0 Å². The van der Waals surface area contributed by atoms with E-state index in [9.17, 15) is 24.8 Å². The third-order valence-electron chi connectivity index (χ3n) is 5.50. The second kappa shape index (κ2) is 9.66. The average molecular weight is 484 g/mol. The van der Waals surface area contributed by atoms with E-state index in [0.717, 1.165) is 16.5 Å². The maximum atomic E-state index is 14.2. The molecular formula is C22H23ClFNO6S. The van der Waals surface area contributed by atoms with Crippen LogP contribution in [0.25, 0.3) is 10.9 Å². The Morgan fingerprint density at radius 3 is 2.41 bits per heavy atom. The number of aliphatic hydroxyl groups is 5. The van der Waals surface area contributed by atoms with E-state index in [0.29, 0.717) is 22.2 Å². The van der Waals surface area contributed by atoms with Crippen LogP contribution < -0.4 is 0 Å². The fraction of sp³-hybridized carbons (Fsp3) is 0.364. The lowest BCUT2D eigenvalue weighted by Crippen LogP contribution is -2.56. The van der Waals surface area contributed by atoms with Gasteiger partial charge in [0.05, 0.1) is 17.1 Å². The monoisotopic (exact) mass is 483 g/mol. The van der Waals surface area contributed by atoms with Crippen LogP contribution in [-0.4, -0.2) is 67.7 Å². The van der Waals surface area contributed by atoms with Crippen LogP contribution in [0.15, 0.2) is 52.4 Å². The molecule has 3 aromatic rings. The van der Waals surface area contributed by atoms with E-state index < -0.39 is 43.1 Å². The Balaban J connectivity index is 1.77. The van der Waals surface area contributed by atoms with Crippen LogP contribution in [0.2, 0.25) is 5.02 Å². The molecule has 2 aromatic carbocycles. The highest BCUT2D eigenvalue weighted by atomic mass is 35.5. The van der Waals surface area contributed by atoms with Gasteiger partial charge in [0.1, 0.15) is 30.2 Å². The molecular weight excluding hydrogens is 461 g/mol. The molecule has 4 rings (SSSR count). The second-order valence-electron chi connectivity index (χ2n) is 7.62. The summed E-state index contributed by atoms with van der Waals surface area (Å²) < 4.78 is 21.4. The highest BCUT2D eigenvalue weighted by Gasteiger charge is 2.44. The SMILES string of the molecule is OCCc1ccc(Sc2cn([C@@H]3O[C@H](CO)[C@@H](O)[C@H](O)[C@H]3O)c3c(Cl)cc(F)cc23)cc1. The molecule has 10 heteroatoms. The molecule has 0 saturated carbocycles. The predicted octanol–water partition coefficient (Wildman–Crippen LogP) is 2.09. The van der Waals surface area contributed by atoms with Crippen molar-refractivity contribution in [1.29, 1.82) is 0 Å². The molecule has 1 aliphatic rings. The Hall–Kier alpha value is -1.69. The van der Waals surface area contributed by atoms with Crippen molar-refractivity contribution in [3.8, 4) is 0 Å². The van der Waals surface area contributed by atoms with Crippen LogP contribution in [0.4, 0.5) is 4.39 Å². The Kier molecular flexibility index (Phi) is 7.09. The molecule has 0 spiro atoms. The van der Waals surface area contributed by atoms with E-state index in [1.54, 1.807) is 6.20 Å². The van der Waals surface area contributed by atoms with Crippen molar-refractivity contribution in [3.63, 3.8) is 0 Å². The molecule has 1 aliphatic heterocycles. The molecule has 2 heterocycles. The second-order valence-corrected chi connectivity index (χ2v) is 9.15. The van der Waals surface area contributed by atoms with Gasteiger partial charge in [0, 0.05) is 28.0 Å². The first-order chi connectivity index (χ1) is 15.3. The molecule has 172 valence electrons. The average Bonchev–Trinajstić information content (AvgIpc) is 3.12. The van der Waals surface area contributed by atoms with Crippen molar-refractivity contribution >= 4 is 34.3 Å². The fourth-order valence-electron chi connectivity index (χ4n) is 3.85. The topological polar surface area (TPSA) is 115 Å². The molecule has 0 radical (unpaired) electrons. The molecule has 5 atom stereocenters. The number of hydrogen-bond acceptors (Lipinski definition) is 7. The first kappa shape index (κ1) is 23.5. The summed E-state index contributed by atoms with van der Waals surface area (Å²) in [5.41, 5.74) is 1.37. The van der Waals surface area contributed by atoms with Crippen LogP contribution in [-0.2, 0) is 11.2 Å². The molecule has 0 bridgehead atoms. The van der Waals surface area contributed by atoms with Crippen molar-refractivity contribution in [2.24, 2.45) is 0 Å². The fourth-order valence-corrected chi connectivity index (χ4v) is 5.11. The first-order valence-corrected chi connectivity index (χ1v) is 11.2. The molecule has 7 nitrogen and oxygen atoms in total. The Morgan fingerprint density at radius 1 is 1.03 bits per heavy atom. The first-order valence-electron chi connectivity index (χ1n) is 10.0. The third kappa shape index (κ3) is 4.40. The highest BCUT2D eigenvalue weighted by Crippen LogP contribution is 2.41. The van der Waals surface area contributed by atoms with E-state index in [2.05, 4.69) is 0 Å². The van der Waals surface area contributed by atoms with Crippen molar-refractivity contribution in [2.45, 2.75) is 46.9 Å². The van der Waals surface area contributed by atoms with E-state index in [1.807, 2.05) is 24.3 Å². The smallest absolute Gasteiger partial charge is 0.163 e. The summed E-state index contributed by atoms with van der Waals surface area (Å²) in [7, 11) is 0. The number of hydrogen-bond donors (Lipinski definition) is 5. The molecule has 1 saturated heterocycles. The summed E-state index contributed by atoms with van der Waals surface area (Å²) in [5.74, 6) is -0.533. The van der Waals surface area contributed by atoms with Gasteiger partial charge in [-0.1, -0.05) is 35.5 Å². The summed E-state index contributed by atoms with van der Waals surface area (Å²) in [6.45, 7) is -0.512. The number of ether oxygens (including phenoxy) is 1.